The number of nitrogens with zero attached hydrogens (tertiary/aromatic N) is 4. The third kappa shape index (κ3) is 3.73. The molecule has 4 rings (SSSR count). The second-order valence-electron chi connectivity index (χ2n) is 7.77. The van der Waals surface area contributed by atoms with Crippen LogP contribution in [0.4, 0.5) is 5.82 Å². The Morgan fingerprint density at radius 1 is 1.25 bits per heavy atom. The van der Waals surface area contributed by atoms with E-state index in [4.69, 9.17) is 19.4 Å². The second-order valence-corrected chi connectivity index (χ2v) is 8.98. The van der Waals surface area contributed by atoms with Crippen molar-refractivity contribution in [3.8, 4) is 0 Å². The molecule has 8 heteroatoms. The summed E-state index contributed by atoms with van der Waals surface area (Å²) in [6.45, 7) is 10.4. The maximum Gasteiger partial charge on any atom is 0.336 e. The van der Waals surface area contributed by atoms with E-state index in [2.05, 4.69) is 23.6 Å². The predicted molar refractivity (Wildman–Crippen MR) is 110 cm³/mol. The number of rotatable bonds is 4. The number of methoxy groups -OCH3 is 1. The average Bonchev–Trinajstić information content (AvgIpc) is 3.28. The Labute approximate surface area is 169 Å². The highest BCUT2D eigenvalue weighted by molar-refractivity contribution is 7.18. The fraction of sp³-hybridized carbons (Fsp3) is 0.650. The minimum absolute atomic E-state index is 0.0788. The summed E-state index contributed by atoms with van der Waals surface area (Å²) in [4.78, 5) is 28.9. The van der Waals surface area contributed by atoms with Crippen LogP contribution in [-0.2, 0) is 20.8 Å². The van der Waals surface area contributed by atoms with E-state index in [0.29, 0.717) is 13.1 Å². The van der Waals surface area contributed by atoms with E-state index < -0.39 is 6.10 Å². The molecule has 2 aromatic rings. The first kappa shape index (κ1) is 19.5. The number of ether oxygens (including phenoxy) is 2. The van der Waals surface area contributed by atoms with Crippen molar-refractivity contribution in [2.24, 2.45) is 0 Å². The van der Waals surface area contributed by atoms with Crippen molar-refractivity contribution in [3.63, 3.8) is 0 Å². The number of aromatic nitrogens is 2. The highest BCUT2D eigenvalue weighted by Gasteiger charge is 2.33. The lowest BCUT2D eigenvalue weighted by molar-refractivity contribution is -0.158. The number of esters is 1. The molecule has 152 valence electrons. The van der Waals surface area contributed by atoms with Gasteiger partial charge in [0.1, 0.15) is 16.5 Å². The van der Waals surface area contributed by atoms with Gasteiger partial charge in [0.15, 0.2) is 6.10 Å². The van der Waals surface area contributed by atoms with Crippen molar-refractivity contribution >= 4 is 33.3 Å². The normalized spacial score (nSPS) is 23.5. The molecule has 1 unspecified atom stereocenters. The largest absolute Gasteiger partial charge is 0.467 e. The van der Waals surface area contributed by atoms with Crippen molar-refractivity contribution in [1.29, 1.82) is 0 Å². The molecule has 2 aliphatic rings. The van der Waals surface area contributed by atoms with E-state index in [1.54, 1.807) is 11.3 Å². The van der Waals surface area contributed by atoms with E-state index >= 15 is 0 Å². The summed E-state index contributed by atoms with van der Waals surface area (Å²) >= 11 is 1.72. The van der Waals surface area contributed by atoms with Crippen LogP contribution in [0.5, 0.6) is 0 Å². The summed E-state index contributed by atoms with van der Waals surface area (Å²) in [6, 6.07) is 0. The van der Waals surface area contributed by atoms with Crippen LogP contribution in [0.1, 0.15) is 36.0 Å². The first-order valence-electron chi connectivity index (χ1n) is 9.93. The number of morpholine rings is 1. The molecule has 2 fully saturated rings. The van der Waals surface area contributed by atoms with Gasteiger partial charge in [0.25, 0.3) is 0 Å². The van der Waals surface area contributed by atoms with Gasteiger partial charge in [-0.25, -0.2) is 14.8 Å². The summed E-state index contributed by atoms with van der Waals surface area (Å²) in [6.07, 6.45) is 1.81. The summed E-state index contributed by atoms with van der Waals surface area (Å²) in [7, 11) is 1.40. The van der Waals surface area contributed by atoms with E-state index in [-0.39, 0.29) is 12.1 Å². The molecule has 0 bridgehead atoms. The van der Waals surface area contributed by atoms with Crippen LogP contribution in [0, 0.1) is 13.8 Å². The highest BCUT2D eigenvalue weighted by atomic mass is 32.1. The van der Waals surface area contributed by atoms with Gasteiger partial charge >= 0.3 is 5.97 Å². The summed E-state index contributed by atoms with van der Waals surface area (Å²) in [5, 5.41) is 1.10. The molecule has 0 N–H and O–H groups in total. The molecule has 0 aromatic carbocycles. The van der Waals surface area contributed by atoms with Gasteiger partial charge in [-0.1, -0.05) is 0 Å². The lowest BCUT2D eigenvalue weighted by Gasteiger charge is -2.36. The molecule has 4 heterocycles. The van der Waals surface area contributed by atoms with Crippen molar-refractivity contribution in [3.05, 3.63) is 16.3 Å². The van der Waals surface area contributed by atoms with Crippen molar-refractivity contribution in [1.82, 2.24) is 14.9 Å². The van der Waals surface area contributed by atoms with Crippen LogP contribution >= 0.6 is 11.3 Å². The van der Waals surface area contributed by atoms with Gasteiger partial charge < -0.3 is 14.4 Å². The minimum atomic E-state index is -0.596. The molecular formula is C20H28N4O3S. The van der Waals surface area contributed by atoms with E-state index in [1.165, 1.54) is 30.4 Å². The van der Waals surface area contributed by atoms with E-state index in [9.17, 15) is 4.79 Å². The number of hydrogen-bond acceptors (Lipinski definition) is 8. The molecule has 2 saturated heterocycles. The zero-order valence-electron chi connectivity index (χ0n) is 17.0. The molecular weight excluding hydrogens is 376 g/mol. The maximum atomic E-state index is 12.1. The number of hydrogen-bond donors (Lipinski definition) is 0. The fourth-order valence-corrected chi connectivity index (χ4v) is 5.14. The molecule has 2 aromatic heterocycles. The molecule has 0 aliphatic carbocycles. The SMILES string of the molecule is COC(=O)C1CN(c2nc(CN3CCCC3)nc3sc(C)c(C)c23)C[C@@H](C)O1. The summed E-state index contributed by atoms with van der Waals surface area (Å²) in [5.41, 5.74) is 1.22. The first-order valence-corrected chi connectivity index (χ1v) is 10.7. The van der Waals surface area contributed by atoms with Crippen LogP contribution < -0.4 is 4.90 Å². The van der Waals surface area contributed by atoms with E-state index in [1.807, 2.05) is 6.92 Å². The highest BCUT2D eigenvalue weighted by Crippen LogP contribution is 2.36. The number of carbonyl (C=O) groups is 1. The average molecular weight is 405 g/mol. The minimum Gasteiger partial charge on any atom is -0.467 e. The maximum absolute atomic E-state index is 12.1. The fourth-order valence-electron chi connectivity index (χ4n) is 4.10. The van der Waals surface area contributed by atoms with Gasteiger partial charge in [-0.3, -0.25) is 4.90 Å². The molecule has 28 heavy (non-hydrogen) atoms. The van der Waals surface area contributed by atoms with Gasteiger partial charge in [-0.15, -0.1) is 11.3 Å². The Bertz CT molecular complexity index is 878. The lowest BCUT2D eigenvalue weighted by Crippen LogP contribution is -2.50. The van der Waals surface area contributed by atoms with Gasteiger partial charge in [0.2, 0.25) is 0 Å². The number of fused-ring (bicyclic) bond motifs is 1. The van der Waals surface area contributed by atoms with Crippen LogP contribution in [0.25, 0.3) is 10.2 Å². The van der Waals surface area contributed by atoms with Gasteiger partial charge in [0, 0.05) is 11.4 Å². The zero-order chi connectivity index (χ0) is 19.8. The number of anilines is 1. The lowest BCUT2D eigenvalue weighted by atomic mass is 10.1. The third-order valence-corrected chi connectivity index (χ3v) is 6.74. The number of thiophene rings is 1. The molecule has 7 nitrogen and oxygen atoms in total. The Balaban J connectivity index is 1.73. The molecule has 0 spiro atoms. The summed E-state index contributed by atoms with van der Waals surface area (Å²) < 4.78 is 10.7. The van der Waals surface area contributed by atoms with Gasteiger partial charge in [0.05, 0.1) is 31.7 Å². The number of aryl methyl sites for hydroxylation is 2. The molecule has 2 atom stereocenters. The summed E-state index contributed by atoms with van der Waals surface area (Å²) in [5.74, 6) is 1.45. The van der Waals surface area contributed by atoms with Gasteiger partial charge in [-0.2, -0.15) is 0 Å². The van der Waals surface area contributed by atoms with Crippen molar-refractivity contribution < 1.29 is 14.3 Å². The van der Waals surface area contributed by atoms with Crippen LogP contribution in [-0.4, -0.2) is 66.3 Å². The number of likely N-dealkylation sites (tertiary alicyclic amines) is 1. The topological polar surface area (TPSA) is 67.8 Å². The van der Waals surface area contributed by atoms with Crippen LogP contribution in [0.2, 0.25) is 0 Å². The third-order valence-electron chi connectivity index (χ3n) is 5.64. The van der Waals surface area contributed by atoms with E-state index in [0.717, 1.165) is 41.5 Å². The number of carbonyl (C=O) groups excluding carboxylic acids is 1. The van der Waals surface area contributed by atoms with Gasteiger partial charge in [-0.05, 0) is 52.3 Å². The quantitative estimate of drug-likeness (QED) is 0.726. The Morgan fingerprint density at radius 2 is 2.00 bits per heavy atom. The molecule has 0 radical (unpaired) electrons. The van der Waals surface area contributed by atoms with Crippen molar-refractivity contribution in [2.75, 3.05) is 38.2 Å². The smallest absolute Gasteiger partial charge is 0.336 e. The van der Waals surface area contributed by atoms with Crippen LogP contribution in [0.3, 0.4) is 0 Å². The Hall–Kier alpha value is -1.77. The van der Waals surface area contributed by atoms with Crippen molar-refractivity contribution in [2.45, 2.75) is 52.4 Å². The monoisotopic (exact) mass is 404 g/mol. The molecule has 0 amide bonds. The van der Waals surface area contributed by atoms with Crippen LogP contribution in [0.15, 0.2) is 0 Å². The first-order chi connectivity index (χ1) is 13.5. The molecule has 2 aliphatic heterocycles. The molecule has 0 saturated carbocycles. The standard InChI is InChI=1S/C20H28N4O3S/c1-12-9-24(10-15(27-12)20(25)26-4)18-17-13(2)14(3)28-19(17)22-16(21-18)11-23-7-5-6-8-23/h12,15H,5-11H2,1-4H3/t12-,15?/m1/s1. The second kappa shape index (κ2) is 7.93. The Kier molecular flexibility index (Phi) is 5.53. The predicted octanol–water partition coefficient (Wildman–Crippen LogP) is 2.67. The zero-order valence-corrected chi connectivity index (χ0v) is 17.8. The Morgan fingerprint density at radius 3 is 2.71 bits per heavy atom.